The molecule has 4 nitrogen and oxygen atoms in total. The molecule has 23 heavy (non-hydrogen) atoms. The Kier molecular flexibility index (Phi) is 3.82. The number of aromatic nitrogens is 2. The second kappa shape index (κ2) is 5.50. The summed E-state index contributed by atoms with van der Waals surface area (Å²) in [6.07, 6.45) is 2.14. The van der Waals surface area contributed by atoms with Crippen molar-refractivity contribution in [2.45, 2.75) is 23.5 Å². The molecular formula is C14H14F3IN4Se. The summed E-state index contributed by atoms with van der Waals surface area (Å²) in [7, 11) is 0. The van der Waals surface area contributed by atoms with Crippen LogP contribution in [0.5, 0.6) is 0 Å². The van der Waals surface area contributed by atoms with Gasteiger partial charge in [-0.2, -0.15) is 0 Å². The predicted molar refractivity (Wildman–Crippen MR) is 91.3 cm³/mol. The van der Waals surface area contributed by atoms with E-state index in [0.29, 0.717) is 19.6 Å². The topological polar surface area (TPSA) is 41.4 Å². The van der Waals surface area contributed by atoms with Crippen LogP contribution in [0.4, 0.5) is 19.0 Å². The number of fused-ring (bicyclic) bond motifs is 2. The number of halogens is 4. The predicted octanol–water partition coefficient (Wildman–Crippen LogP) is 1.95. The summed E-state index contributed by atoms with van der Waals surface area (Å²) in [6.45, 7) is 1.97. The molecule has 2 fully saturated rings. The van der Waals surface area contributed by atoms with Crippen LogP contribution in [0.25, 0.3) is 5.52 Å². The molecule has 2 atom stereocenters. The van der Waals surface area contributed by atoms with Gasteiger partial charge in [0, 0.05) is 0 Å². The van der Waals surface area contributed by atoms with Crippen molar-refractivity contribution in [3.8, 4) is 0 Å². The first-order valence-electron chi connectivity index (χ1n) is 7.30. The molecule has 0 radical (unpaired) electrons. The zero-order valence-corrected chi connectivity index (χ0v) is 15.8. The van der Waals surface area contributed by atoms with E-state index in [1.165, 1.54) is 0 Å². The second-order valence-corrected chi connectivity index (χ2v) is 9.29. The first-order chi connectivity index (χ1) is 10.9. The molecule has 1 saturated heterocycles. The third-order valence-electron chi connectivity index (χ3n) is 4.54. The summed E-state index contributed by atoms with van der Waals surface area (Å²) >= 11 is 0.317. The summed E-state index contributed by atoms with van der Waals surface area (Å²) in [6, 6.07) is 5.42. The third kappa shape index (κ3) is 2.96. The van der Waals surface area contributed by atoms with Gasteiger partial charge in [-0.25, -0.2) is 0 Å². The van der Waals surface area contributed by atoms with Crippen molar-refractivity contribution in [2.75, 3.05) is 18.4 Å². The van der Waals surface area contributed by atoms with E-state index < -0.39 is 20.0 Å². The first-order valence-corrected chi connectivity index (χ1v) is 10.1. The maximum atomic E-state index is 12.8. The van der Waals surface area contributed by atoms with Gasteiger partial charge in [0.05, 0.1) is 0 Å². The Morgan fingerprint density at radius 3 is 3.00 bits per heavy atom. The number of hydrogen-bond donors (Lipinski definition) is 2. The van der Waals surface area contributed by atoms with Crippen LogP contribution in [-0.4, -0.2) is 48.3 Å². The Bertz CT molecular complexity index is 762. The molecule has 1 aliphatic carbocycles. The molecule has 4 rings (SSSR count). The van der Waals surface area contributed by atoms with Crippen molar-refractivity contribution in [1.29, 1.82) is 0 Å². The van der Waals surface area contributed by atoms with Crippen LogP contribution in [0, 0.1) is 9.62 Å². The molecule has 2 aromatic heterocycles. The van der Waals surface area contributed by atoms with Crippen LogP contribution >= 0.6 is 22.6 Å². The van der Waals surface area contributed by atoms with Crippen LogP contribution in [0.3, 0.4) is 0 Å². The van der Waals surface area contributed by atoms with E-state index >= 15 is 0 Å². The minimum atomic E-state index is -4.17. The average molecular weight is 501 g/mol. The Morgan fingerprint density at radius 2 is 2.26 bits per heavy atom. The van der Waals surface area contributed by atoms with Gasteiger partial charge < -0.3 is 0 Å². The van der Waals surface area contributed by atoms with Crippen molar-refractivity contribution in [1.82, 2.24) is 14.9 Å². The van der Waals surface area contributed by atoms with E-state index in [-0.39, 0.29) is 5.54 Å². The van der Waals surface area contributed by atoms with Crippen molar-refractivity contribution >= 4 is 53.3 Å². The molecule has 9 heteroatoms. The monoisotopic (exact) mass is 502 g/mol. The van der Waals surface area contributed by atoms with Crippen LogP contribution in [-0.2, 0) is 0 Å². The summed E-state index contributed by atoms with van der Waals surface area (Å²) in [5.41, 5.74) is 0.644. The molecule has 0 aromatic carbocycles. The standard InChI is InChI=1S/C14H14F3IN4Se/c15-14(16,17)23-11-9-2-1-3-10(22(9)21-12(11)18)20-13-4-5-19-7-8(13)6-13/h1-3,8,19-20H,4-7H2. The Hall–Kier alpha value is -0.511. The van der Waals surface area contributed by atoms with Gasteiger partial charge in [0.2, 0.25) is 0 Å². The van der Waals surface area contributed by atoms with Gasteiger partial charge in [0.15, 0.2) is 0 Å². The van der Waals surface area contributed by atoms with Gasteiger partial charge in [-0.3, -0.25) is 0 Å². The Morgan fingerprint density at radius 1 is 1.43 bits per heavy atom. The molecule has 1 aliphatic heterocycles. The summed E-state index contributed by atoms with van der Waals surface area (Å²) in [5, 5.41) is 7.12. The molecule has 2 aliphatic rings. The normalized spacial score (nSPS) is 27.0. The second-order valence-electron chi connectivity index (χ2n) is 6.01. The number of nitrogens with zero attached hydrogens (tertiary/aromatic N) is 2. The summed E-state index contributed by atoms with van der Waals surface area (Å²) < 4.78 is 40.9. The number of alkyl halides is 3. The maximum absolute atomic E-state index is 12.8. The van der Waals surface area contributed by atoms with E-state index in [2.05, 4.69) is 15.7 Å². The zero-order valence-electron chi connectivity index (χ0n) is 12.0. The zero-order chi connectivity index (χ0) is 16.2. The Labute approximate surface area is 150 Å². The van der Waals surface area contributed by atoms with E-state index in [9.17, 15) is 13.2 Å². The van der Waals surface area contributed by atoms with Crippen LogP contribution in [0.2, 0.25) is 0 Å². The Balaban J connectivity index is 1.70. The molecule has 3 heterocycles. The minimum absolute atomic E-state index is 0.0895. The number of anilines is 1. The SMILES string of the molecule is FC(F)(F)[Se]c1c(I)nn2c(NC34CCNCC3C4)cccc12. The fourth-order valence-electron chi connectivity index (χ4n) is 3.34. The van der Waals surface area contributed by atoms with E-state index in [4.69, 9.17) is 0 Å². The van der Waals surface area contributed by atoms with Gasteiger partial charge in [0.25, 0.3) is 0 Å². The number of piperidine rings is 1. The van der Waals surface area contributed by atoms with Crippen LogP contribution < -0.4 is 15.1 Å². The molecule has 0 bridgehead atoms. The van der Waals surface area contributed by atoms with Crippen LogP contribution in [0.15, 0.2) is 18.2 Å². The molecule has 0 amide bonds. The third-order valence-corrected chi connectivity index (χ3v) is 7.87. The van der Waals surface area contributed by atoms with Crippen molar-refractivity contribution in [3.63, 3.8) is 0 Å². The van der Waals surface area contributed by atoms with E-state index in [1.807, 2.05) is 28.7 Å². The quantitative estimate of drug-likeness (QED) is 0.500. The number of nitrogens with one attached hydrogen (secondary N) is 2. The van der Waals surface area contributed by atoms with Crippen molar-refractivity contribution < 1.29 is 13.2 Å². The van der Waals surface area contributed by atoms with Gasteiger partial charge >= 0.3 is 151 Å². The molecule has 2 N–H and O–H groups in total. The van der Waals surface area contributed by atoms with Crippen molar-refractivity contribution in [2.24, 2.45) is 5.92 Å². The fourth-order valence-corrected chi connectivity index (χ4v) is 5.69. The molecule has 2 aromatic rings. The van der Waals surface area contributed by atoms with E-state index in [0.717, 1.165) is 31.7 Å². The molecule has 2 unspecified atom stereocenters. The average Bonchev–Trinajstić information content (AvgIpc) is 3.11. The molecule has 124 valence electrons. The summed E-state index contributed by atoms with van der Waals surface area (Å²) in [4.78, 5) is 0. The van der Waals surface area contributed by atoms with Crippen molar-refractivity contribution in [3.05, 3.63) is 21.9 Å². The first kappa shape index (κ1) is 16.0. The number of pyridine rings is 1. The molecule has 1 saturated carbocycles. The molecular weight excluding hydrogens is 487 g/mol. The van der Waals surface area contributed by atoms with Gasteiger partial charge in [-0.05, 0) is 0 Å². The fraction of sp³-hybridized carbons (Fsp3) is 0.500. The molecule has 0 spiro atoms. The number of rotatable bonds is 3. The van der Waals surface area contributed by atoms with Gasteiger partial charge in [0.1, 0.15) is 0 Å². The van der Waals surface area contributed by atoms with Gasteiger partial charge in [-0.15, -0.1) is 0 Å². The van der Waals surface area contributed by atoms with E-state index in [1.54, 1.807) is 16.6 Å². The van der Waals surface area contributed by atoms with Crippen LogP contribution in [0.1, 0.15) is 12.8 Å². The summed E-state index contributed by atoms with van der Waals surface area (Å²) in [5.74, 6) is 1.38. The number of hydrogen-bond acceptors (Lipinski definition) is 3. The van der Waals surface area contributed by atoms with Gasteiger partial charge in [-0.1, -0.05) is 0 Å².